The normalized spacial score (nSPS) is 10.2. The van der Waals surface area contributed by atoms with Gasteiger partial charge in [-0.05, 0) is 54.1 Å². The molecule has 0 fully saturated rings. The number of benzene rings is 2. The Bertz CT molecular complexity index is 654. The average Bonchev–Trinajstić information content (AvgIpc) is 2.56. The van der Waals surface area contributed by atoms with Crippen LogP contribution in [0.5, 0.6) is 0 Å². The molecule has 0 bridgehead atoms. The standard InChI is InChI=1S/C18H17NS3/c1-2-3-12-21-16-10-6-15(7-11-16)18(20)22-17-8-4-14(13-19)5-9-17/h4-11H,2-3,12H2,1H3. The molecule has 0 aliphatic rings. The first-order chi connectivity index (χ1) is 10.7. The fraction of sp³-hybridized carbons (Fsp3) is 0.222. The highest BCUT2D eigenvalue weighted by molar-refractivity contribution is 8.23. The van der Waals surface area contributed by atoms with Crippen molar-refractivity contribution in [1.82, 2.24) is 0 Å². The van der Waals surface area contributed by atoms with Crippen LogP contribution in [0.3, 0.4) is 0 Å². The lowest BCUT2D eigenvalue weighted by atomic mass is 10.2. The zero-order chi connectivity index (χ0) is 15.8. The van der Waals surface area contributed by atoms with Crippen molar-refractivity contribution in [3.8, 4) is 6.07 Å². The lowest BCUT2D eigenvalue weighted by Crippen LogP contribution is -1.91. The largest absolute Gasteiger partial charge is 0.192 e. The number of rotatable bonds is 6. The second-order valence-corrected chi connectivity index (χ2v) is 7.67. The van der Waals surface area contributed by atoms with Crippen LogP contribution < -0.4 is 0 Å². The van der Waals surface area contributed by atoms with Crippen molar-refractivity contribution >= 4 is 39.9 Å². The highest BCUT2D eigenvalue weighted by atomic mass is 32.2. The monoisotopic (exact) mass is 343 g/mol. The molecule has 0 radical (unpaired) electrons. The summed E-state index contributed by atoms with van der Waals surface area (Å²) in [5.74, 6) is 1.17. The predicted molar refractivity (Wildman–Crippen MR) is 101 cm³/mol. The molecule has 4 heteroatoms. The van der Waals surface area contributed by atoms with Gasteiger partial charge >= 0.3 is 0 Å². The smallest absolute Gasteiger partial charge is 0.0991 e. The van der Waals surface area contributed by atoms with E-state index in [2.05, 4.69) is 37.3 Å². The van der Waals surface area contributed by atoms with Gasteiger partial charge in [0.1, 0.15) is 0 Å². The summed E-state index contributed by atoms with van der Waals surface area (Å²) in [4.78, 5) is 2.36. The molecule has 1 nitrogen and oxygen atoms in total. The topological polar surface area (TPSA) is 23.8 Å². The molecule has 0 saturated carbocycles. The van der Waals surface area contributed by atoms with Crippen molar-refractivity contribution in [2.24, 2.45) is 0 Å². The minimum atomic E-state index is 0.670. The molecule has 0 N–H and O–H groups in total. The van der Waals surface area contributed by atoms with Gasteiger partial charge in [-0.25, -0.2) is 0 Å². The molecule has 22 heavy (non-hydrogen) atoms. The van der Waals surface area contributed by atoms with Gasteiger partial charge in [0.25, 0.3) is 0 Å². The minimum absolute atomic E-state index is 0.670. The van der Waals surface area contributed by atoms with Crippen molar-refractivity contribution in [3.05, 3.63) is 59.7 Å². The molecule has 0 amide bonds. The molecule has 112 valence electrons. The maximum atomic E-state index is 8.81. The molecule has 0 aromatic heterocycles. The summed E-state index contributed by atoms with van der Waals surface area (Å²) in [6.07, 6.45) is 2.48. The lowest BCUT2D eigenvalue weighted by molar-refractivity contribution is 0.896. The van der Waals surface area contributed by atoms with Crippen LogP contribution in [-0.2, 0) is 0 Å². The number of nitrogens with zero attached hydrogens (tertiary/aromatic N) is 1. The van der Waals surface area contributed by atoms with Crippen molar-refractivity contribution in [3.63, 3.8) is 0 Å². The Morgan fingerprint density at radius 3 is 2.27 bits per heavy atom. The summed E-state index contributed by atoms with van der Waals surface area (Å²) >= 11 is 8.96. The lowest BCUT2D eigenvalue weighted by Gasteiger charge is -2.06. The Morgan fingerprint density at radius 1 is 1.05 bits per heavy atom. The minimum Gasteiger partial charge on any atom is -0.192 e. The highest BCUT2D eigenvalue weighted by Gasteiger charge is 2.04. The Morgan fingerprint density at radius 2 is 1.68 bits per heavy atom. The number of thioether (sulfide) groups is 2. The Balaban J connectivity index is 1.95. The third-order valence-electron chi connectivity index (χ3n) is 3.05. The molecule has 0 unspecified atom stereocenters. The molecule has 2 aromatic carbocycles. The summed E-state index contributed by atoms with van der Waals surface area (Å²) in [7, 11) is 0. The molecule has 0 heterocycles. The van der Waals surface area contributed by atoms with Crippen LogP contribution in [0.1, 0.15) is 30.9 Å². The van der Waals surface area contributed by atoms with Crippen molar-refractivity contribution in [1.29, 1.82) is 5.26 Å². The Kier molecular flexibility index (Phi) is 6.98. The fourth-order valence-electron chi connectivity index (χ4n) is 1.79. The van der Waals surface area contributed by atoms with Crippen molar-refractivity contribution < 1.29 is 0 Å². The SMILES string of the molecule is CCCCSc1ccc(C(=S)Sc2ccc(C#N)cc2)cc1. The van der Waals surface area contributed by atoms with E-state index in [-0.39, 0.29) is 0 Å². The predicted octanol–water partition coefficient (Wildman–Crippen LogP) is 5.92. The van der Waals surface area contributed by atoms with Crippen molar-refractivity contribution in [2.75, 3.05) is 5.75 Å². The van der Waals surface area contributed by atoms with Crippen LogP contribution in [-0.4, -0.2) is 9.95 Å². The van der Waals surface area contributed by atoms with Crippen LogP contribution in [0.25, 0.3) is 0 Å². The van der Waals surface area contributed by atoms with Crippen LogP contribution in [0.15, 0.2) is 58.3 Å². The highest BCUT2D eigenvalue weighted by Crippen LogP contribution is 2.26. The van der Waals surface area contributed by atoms with Gasteiger partial charge in [-0.15, -0.1) is 11.8 Å². The first-order valence-corrected chi connectivity index (χ1v) is 9.39. The van der Waals surface area contributed by atoms with Gasteiger partial charge in [-0.2, -0.15) is 5.26 Å². The summed E-state index contributed by atoms with van der Waals surface area (Å²) < 4.78 is 0.856. The quantitative estimate of drug-likeness (QED) is 0.369. The van der Waals surface area contributed by atoms with E-state index < -0.39 is 0 Å². The van der Waals surface area contributed by atoms with E-state index in [1.54, 1.807) is 11.8 Å². The number of hydrogen-bond acceptors (Lipinski definition) is 4. The molecule has 0 saturated heterocycles. The van der Waals surface area contributed by atoms with Gasteiger partial charge in [0.2, 0.25) is 0 Å². The van der Waals surface area contributed by atoms with E-state index in [9.17, 15) is 0 Å². The van der Waals surface area contributed by atoms with Crippen LogP contribution in [0.2, 0.25) is 0 Å². The zero-order valence-electron chi connectivity index (χ0n) is 12.4. The van der Waals surface area contributed by atoms with Crippen LogP contribution in [0.4, 0.5) is 0 Å². The Hall–Kier alpha value is -1.28. The molecule has 2 rings (SSSR count). The van der Waals surface area contributed by atoms with Gasteiger partial charge < -0.3 is 0 Å². The van der Waals surface area contributed by atoms with E-state index in [0.29, 0.717) is 5.56 Å². The van der Waals surface area contributed by atoms with Crippen LogP contribution >= 0.6 is 35.7 Å². The van der Waals surface area contributed by atoms with Crippen LogP contribution in [0, 0.1) is 11.3 Å². The second-order valence-electron chi connectivity index (χ2n) is 4.75. The zero-order valence-corrected chi connectivity index (χ0v) is 14.9. The first kappa shape index (κ1) is 17.1. The van der Waals surface area contributed by atoms with Gasteiger partial charge in [-0.1, -0.05) is 49.5 Å². The average molecular weight is 344 g/mol. The number of thiocarbonyl (C=S) groups is 1. The summed E-state index contributed by atoms with van der Waals surface area (Å²) in [6.45, 7) is 2.21. The third kappa shape index (κ3) is 5.17. The molecule has 0 aliphatic heterocycles. The maximum absolute atomic E-state index is 8.81. The van der Waals surface area contributed by atoms with E-state index in [1.165, 1.54) is 23.5 Å². The summed E-state index contributed by atoms with van der Waals surface area (Å²) in [5.41, 5.74) is 1.74. The summed E-state index contributed by atoms with van der Waals surface area (Å²) in [5, 5.41) is 8.81. The maximum Gasteiger partial charge on any atom is 0.0991 e. The van der Waals surface area contributed by atoms with E-state index >= 15 is 0 Å². The van der Waals surface area contributed by atoms with E-state index in [0.717, 1.165) is 14.7 Å². The number of unbranched alkanes of at least 4 members (excludes halogenated alkanes) is 1. The molecule has 0 spiro atoms. The first-order valence-electron chi connectivity index (χ1n) is 7.18. The molecule has 0 aliphatic carbocycles. The number of hydrogen-bond donors (Lipinski definition) is 0. The third-order valence-corrected chi connectivity index (χ3v) is 5.56. The molecule has 2 aromatic rings. The number of nitriles is 1. The van der Waals surface area contributed by atoms with Crippen molar-refractivity contribution in [2.45, 2.75) is 29.6 Å². The van der Waals surface area contributed by atoms with E-state index in [4.69, 9.17) is 17.5 Å². The molecular weight excluding hydrogens is 326 g/mol. The summed E-state index contributed by atoms with van der Waals surface area (Å²) in [6, 6.07) is 18.1. The van der Waals surface area contributed by atoms with Gasteiger partial charge in [0.15, 0.2) is 0 Å². The molecular formula is C18H17NS3. The Labute approximate surface area is 146 Å². The van der Waals surface area contributed by atoms with Gasteiger partial charge in [0, 0.05) is 9.79 Å². The second kappa shape index (κ2) is 8.99. The van der Waals surface area contributed by atoms with Gasteiger partial charge in [-0.3, -0.25) is 0 Å². The van der Waals surface area contributed by atoms with Gasteiger partial charge in [0.05, 0.1) is 15.8 Å². The molecule has 0 atom stereocenters. The fourth-order valence-corrected chi connectivity index (χ4v) is 3.95. The van der Waals surface area contributed by atoms with E-state index in [1.807, 2.05) is 36.0 Å².